The summed E-state index contributed by atoms with van der Waals surface area (Å²) in [5, 5.41) is 24.0. The number of methoxy groups -OCH3 is 1. The number of benzene rings is 2. The molecule has 0 bridgehead atoms. The largest absolute Gasteiger partial charge is 0.453 e. The number of hydrogen-bond acceptors (Lipinski definition) is 7. The molecule has 1 aromatic heterocycles. The van der Waals surface area contributed by atoms with Crippen LogP contribution < -0.4 is 21.3 Å². The lowest BCUT2D eigenvalue weighted by molar-refractivity contribution is -0.132. The third kappa shape index (κ3) is 11.8. The van der Waals surface area contributed by atoms with Crippen molar-refractivity contribution in [3.8, 4) is 0 Å². The predicted molar refractivity (Wildman–Crippen MR) is 208 cm³/mol. The van der Waals surface area contributed by atoms with Gasteiger partial charge in [-0.2, -0.15) is 0 Å². The fourth-order valence-electron chi connectivity index (χ4n) is 7.16. The second-order valence-electron chi connectivity index (χ2n) is 16.4. The van der Waals surface area contributed by atoms with Crippen LogP contribution in [0.2, 0.25) is 0 Å². The van der Waals surface area contributed by atoms with E-state index in [4.69, 9.17) is 4.74 Å². The highest BCUT2D eigenvalue weighted by Crippen LogP contribution is 2.34. The molecule has 2 aromatic carbocycles. The molecule has 2 heterocycles. The SMILES string of the molecule is COC(=O)N[C@H](C(=O)N[C@@H](Cc1ccccc1)C[C@H](O)[C@H](Cc1ccccc1)NC(=O)[C@H](C1CNC(=O)N1Cc1cccc(C)n1)C(C)(C)C)C(C)(C)C. The molecule has 1 aliphatic heterocycles. The first kappa shape index (κ1) is 41.8. The number of amides is 5. The lowest BCUT2D eigenvalue weighted by Crippen LogP contribution is -2.57. The molecule has 3 aromatic rings. The second kappa shape index (κ2) is 18.4. The second-order valence-corrected chi connectivity index (χ2v) is 16.4. The van der Waals surface area contributed by atoms with E-state index in [0.29, 0.717) is 12.8 Å². The van der Waals surface area contributed by atoms with Crippen molar-refractivity contribution in [2.45, 2.75) is 105 Å². The first-order chi connectivity index (χ1) is 25.5. The maximum Gasteiger partial charge on any atom is 0.407 e. The highest BCUT2D eigenvalue weighted by Gasteiger charge is 2.46. The summed E-state index contributed by atoms with van der Waals surface area (Å²) in [6, 6.07) is 21.9. The van der Waals surface area contributed by atoms with Crippen LogP contribution in [-0.2, 0) is 33.7 Å². The molecule has 1 unspecified atom stereocenters. The van der Waals surface area contributed by atoms with Gasteiger partial charge in [-0.1, -0.05) is 108 Å². The Kier molecular flexibility index (Phi) is 14.2. The van der Waals surface area contributed by atoms with Crippen molar-refractivity contribution < 1.29 is 29.0 Å². The summed E-state index contributed by atoms with van der Waals surface area (Å²) in [6.07, 6.45) is -1.00. The molecule has 4 rings (SSSR count). The fraction of sp³-hybridized carbons (Fsp3) is 0.500. The zero-order chi connectivity index (χ0) is 39.6. The Labute approximate surface area is 319 Å². The van der Waals surface area contributed by atoms with E-state index in [-0.39, 0.29) is 31.4 Å². The Balaban J connectivity index is 1.63. The number of aromatic nitrogens is 1. The molecule has 0 spiro atoms. The van der Waals surface area contributed by atoms with Crippen LogP contribution in [0.15, 0.2) is 78.9 Å². The highest BCUT2D eigenvalue weighted by atomic mass is 16.5. The number of pyridine rings is 1. The predicted octanol–water partition coefficient (Wildman–Crippen LogP) is 4.92. The molecular formula is C42H58N6O6. The van der Waals surface area contributed by atoms with Gasteiger partial charge in [0.2, 0.25) is 11.8 Å². The van der Waals surface area contributed by atoms with Crippen molar-refractivity contribution in [3.63, 3.8) is 0 Å². The molecule has 54 heavy (non-hydrogen) atoms. The molecule has 12 heteroatoms. The van der Waals surface area contributed by atoms with Gasteiger partial charge in [-0.05, 0) is 60.3 Å². The van der Waals surface area contributed by atoms with E-state index in [1.165, 1.54) is 7.11 Å². The number of aliphatic hydroxyl groups is 1. The van der Waals surface area contributed by atoms with Gasteiger partial charge in [-0.25, -0.2) is 9.59 Å². The van der Waals surface area contributed by atoms with Crippen LogP contribution >= 0.6 is 0 Å². The van der Waals surface area contributed by atoms with Crippen LogP contribution in [0.4, 0.5) is 9.59 Å². The van der Waals surface area contributed by atoms with E-state index in [0.717, 1.165) is 22.5 Å². The Morgan fingerprint density at radius 3 is 2.02 bits per heavy atom. The normalized spacial score (nSPS) is 17.4. The smallest absolute Gasteiger partial charge is 0.407 e. The van der Waals surface area contributed by atoms with Crippen molar-refractivity contribution in [3.05, 3.63) is 101 Å². The van der Waals surface area contributed by atoms with Crippen LogP contribution in [0.3, 0.4) is 0 Å². The van der Waals surface area contributed by atoms with Crippen LogP contribution in [-0.4, -0.2) is 82.9 Å². The van der Waals surface area contributed by atoms with Crippen molar-refractivity contribution in [1.29, 1.82) is 0 Å². The van der Waals surface area contributed by atoms with Gasteiger partial charge in [0, 0.05) is 18.3 Å². The number of aliphatic hydroxyl groups excluding tert-OH is 1. The van der Waals surface area contributed by atoms with Gasteiger partial charge in [-0.3, -0.25) is 14.6 Å². The first-order valence-corrected chi connectivity index (χ1v) is 18.6. The molecule has 0 radical (unpaired) electrons. The number of alkyl carbamates (subject to hydrolysis) is 1. The quantitative estimate of drug-likeness (QED) is 0.148. The van der Waals surface area contributed by atoms with Crippen LogP contribution in [0.5, 0.6) is 0 Å². The highest BCUT2D eigenvalue weighted by molar-refractivity contribution is 5.86. The van der Waals surface area contributed by atoms with E-state index in [9.17, 15) is 24.3 Å². The minimum atomic E-state index is -1.10. The third-order valence-electron chi connectivity index (χ3n) is 9.87. The molecule has 1 fully saturated rings. The summed E-state index contributed by atoms with van der Waals surface area (Å²) in [7, 11) is 1.24. The number of ether oxygens (including phenoxy) is 1. The topological polar surface area (TPSA) is 162 Å². The average Bonchev–Trinajstić information content (AvgIpc) is 3.44. The molecule has 0 aliphatic carbocycles. The van der Waals surface area contributed by atoms with Gasteiger partial charge in [0.25, 0.3) is 0 Å². The molecule has 5 N–H and O–H groups in total. The third-order valence-corrected chi connectivity index (χ3v) is 9.87. The first-order valence-electron chi connectivity index (χ1n) is 18.6. The van der Waals surface area contributed by atoms with Crippen molar-refractivity contribution >= 4 is 23.9 Å². The maximum absolute atomic E-state index is 14.6. The number of urea groups is 1. The number of rotatable bonds is 15. The summed E-state index contributed by atoms with van der Waals surface area (Å²) < 4.78 is 4.80. The summed E-state index contributed by atoms with van der Waals surface area (Å²) >= 11 is 0. The lowest BCUT2D eigenvalue weighted by Gasteiger charge is -2.39. The number of carbonyl (C=O) groups is 4. The summed E-state index contributed by atoms with van der Waals surface area (Å²) in [5.74, 6) is -1.35. The van der Waals surface area contributed by atoms with Crippen LogP contribution in [0.25, 0.3) is 0 Å². The van der Waals surface area contributed by atoms with E-state index < -0.39 is 59.0 Å². The monoisotopic (exact) mass is 742 g/mol. The van der Waals surface area contributed by atoms with Crippen molar-refractivity contribution in [2.24, 2.45) is 16.7 Å². The number of hydrogen-bond donors (Lipinski definition) is 5. The average molecular weight is 743 g/mol. The van der Waals surface area contributed by atoms with Crippen LogP contribution in [0.1, 0.15) is 70.5 Å². The van der Waals surface area contributed by atoms with Gasteiger partial charge < -0.3 is 36.0 Å². The van der Waals surface area contributed by atoms with Crippen molar-refractivity contribution in [2.75, 3.05) is 13.7 Å². The van der Waals surface area contributed by atoms with Crippen LogP contribution in [0, 0.1) is 23.7 Å². The number of nitrogens with one attached hydrogen (secondary N) is 4. The summed E-state index contributed by atoms with van der Waals surface area (Å²) in [6.45, 7) is 13.9. The zero-order valence-corrected chi connectivity index (χ0v) is 32.9. The van der Waals surface area contributed by atoms with Gasteiger partial charge in [0.05, 0.1) is 43.5 Å². The standard InChI is InChI=1S/C42H58N6O6/c1-27-16-15-21-30(44-27)26-48-33(25-43-39(48)52)35(41(2,3)4)37(50)46-32(23-29-19-13-10-14-20-29)34(49)24-31(22-28-17-11-9-12-18-28)45-38(51)36(42(5,6)7)47-40(53)54-8/h9-21,31-36,49H,22-26H2,1-8H3,(H,43,52)(H,45,51)(H,46,50)(H,47,53)/t31-,32-,33?,34-,35-,36+/m0/s1. The minimum absolute atomic E-state index is 0.0995. The molecule has 6 atom stereocenters. The summed E-state index contributed by atoms with van der Waals surface area (Å²) in [4.78, 5) is 60.2. The lowest BCUT2D eigenvalue weighted by atomic mass is 9.75. The van der Waals surface area contributed by atoms with Gasteiger partial charge >= 0.3 is 12.1 Å². The Hall–Kier alpha value is -4.97. The number of aryl methyl sites for hydroxylation is 1. The van der Waals surface area contributed by atoms with E-state index >= 15 is 0 Å². The molecule has 1 saturated heterocycles. The van der Waals surface area contributed by atoms with Gasteiger partial charge in [-0.15, -0.1) is 0 Å². The zero-order valence-electron chi connectivity index (χ0n) is 32.9. The number of nitrogens with zero attached hydrogens (tertiary/aromatic N) is 2. The molecule has 292 valence electrons. The molecular weight excluding hydrogens is 684 g/mol. The molecule has 12 nitrogen and oxygen atoms in total. The molecule has 1 aliphatic rings. The van der Waals surface area contributed by atoms with Gasteiger partial charge in [0.15, 0.2) is 0 Å². The number of carbonyl (C=O) groups excluding carboxylic acids is 4. The van der Waals surface area contributed by atoms with Gasteiger partial charge in [0.1, 0.15) is 6.04 Å². The van der Waals surface area contributed by atoms with E-state index in [2.05, 4.69) is 26.3 Å². The molecule has 5 amide bonds. The fourth-order valence-corrected chi connectivity index (χ4v) is 7.16. The minimum Gasteiger partial charge on any atom is -0.453 e. The molecule has 0 saturated carbocycles. The Bertz CT molecular complexity index is 1710. The van der Waals surface area contributed by atoms with Crippen molar-refractivity contribution in [1.82, 2.24) is 31.2 Å². The summed E-state index contributed by atoms with van der Waals surface area (Å²) in [5.41, 5.74) is 2.20. The van der Waals surface area contributed by atoms with E-state index in [1.807, 2.05) is 127 Å². The Morgan fingerprint density at radius 2 is 1.46 bits per heavy atom. The van der Waals surface area contributed by atoms with E-state index in [1.54, 1.807) is 4.90 Å². The maximum atomic E-state index is 14.6. The Morgan fingerprint density at radius 1 is 0.852 bits per heavy atom.